The van der Waals surface area contributed by atoms with E-state index in [1.54, 1.807) is 18.2 Å². The van der Waals surface area contributed by atoms with Crippen LogP contribution in [-0.4, -0.2) is 12.1 Å². The van der Waals surface area contributed by atoms with E-state index < -0.39 is 0 Å². The van der Waals surface area contributed by atoms with Gasteiger partial charge in [0.1, 0.15) is 0 Å². The molecule has 0 saturated carbocycles. The second-order valence-electron chi connectivity index (χ2n) is 3.72. The summed E-state index contributed by atoms with van der Waals surface area (Å²) >= 11 is 13.3. The van der Waals surface area contributed by atoms with Crippen LogP contribution < -0.4 is 5.43 Å². The minimum absolute atomic E-state index is 0.163. The molecular weight excluding hydrogens is 303 g/mol. The van der Waals surface area contributed by atoms with Crippen molar-refractivity contribution in [2.24, 2.45) is 5.10 Å². The number of halogens is 2. The van der Waals surface area contributed by atoms with Crippen molar-refractivity contribution in [3.63, 3.8) is 0 Å². The van der Waals surface area contributed by atoms with Crippen LogP contribution in [-0.2, 0) is 11.2 Å². The lowest BCUT2D eigenvalue weighted by Gasteiger charge is -1.99. The number of hydrogen-bond acceptors (Lipinski definition) is 3. The number of thiophene rings is 1. The largest absolute Gasteiger partial charge is 0.273 e. The smallest absolute Gasteiger partial charge is 0.245 e. The number of benzene rings is 1. The molecule has 1 aromatic heterocycles. The normalized spacial score (nSPS) is 10.8. The number of carbonyl (C=O) groups is 1. The number of rotatable bonds is 4. The summed E-state index contributed by atoms with van der Waals surface area (Å²) in [5.41, 5.74) is 3.15. The highest BCUT2D eigenvalue weighted by Crippen LogP contribution is 2.19. The molecule has 19 heavy (non-hydrogen) atoms. The van der Waals surface area contributed by atoms with Gasteiger partial charge in [0.2, 0.25) is 5.91 Å². The van der Waals surface area contributed by atoms with Crippen LogP contribution in [0.5, 0.6) is 0 Å². The van der Waals surface area contributed by atoms with Crippen LogP contribution in [0.15, 0.2) is 40.8 Å². The van der Waals surface area contributed by atoms with E-state index in [-0.39, 0.29) is 5.91 Å². The topological polar surface area (TPSA) is 41.5 Å². The van der Waals surface area contributed by atoms with Gasteiger partial charge in [-0.05, 0) is 23.6 Å². The molecule has 0 saturated heterocycles. The van der Waals surface area contributed by atoms with E-state index in [1.807, 2.05) is 17.5 Å². The van der Waals surface area contributed by atoms with Gasteiger partial charge in [-0.15, -0.1) is 11.3 Å². The predicted molar refractivity (Wildman–Crippen MR) is 80.2 cm³/mol. The van der Waals surface area contributed by atoms with E-state index >= 15 is 0 Å². The SMILES string of the molecule is O=C(Cc1cccs1)N/N=C\c1ccc(Cl)cc1Cl. The fraction of sp³-hybridized carbons (Fsp3) is 0.0769. The number of nitrogens with one attached hydrogen (secondary N) is 1. The molecule has 1 amide bonds. The van der Waals surface area contributed by atoms with E-state index in [2.05, 4.69) is 10.5 Å². The summed E-state index contributed by atoms with van der Waals surface area (Å²) in [5, 5.41) is 6.84. The fourth-order valence-electron chi connectivity index (χ4n) is 1.39. The van der Waals surface area contributed by atoms with Gasteiger partial charge in [0.25, 0.3) is 0 Å². The van der Waals surface area contributed by atoms with Gasteiger partial charge in [0.05, 0.1) is 17.7 Å². The average Bonchev–Trinajstić information content (AvgIpc) is 2.84. The summed E-state index contributed by atoms with van der Waals surface area (Å²) in [6.45, 7) is 0. The second kappa shape index (κ2) is 6.70. The van der Waals surface area contributed by atoms with Gasteiger partial charge in [-0.2, -0.15) is 5.10 Å². The second-order valence-corrected chi connectivity index (χ2v) is 5.59. The highest BCUT2D eigenvalue weighted by atomic mass is 35.5. The molecule has 0 spiro atoms. The Bertz CT molecular complexity index is 597. The van der Waals surface area contributed by atoms with Crippen molar-refractivity contribution in [3.8, 4) is 0 Å². The number of nitrogens with zero attached hydrogens (tertiary/aromatic N) is 1. The molecule has 0 radical (unpaired) electrons. The van der Waals surface area contributed by atoms with Gasteiger partial charge in [-0.25, -0.2) is 5.43 Å². The van der Waals surface area contributed by atoms with Crippen molar-refractivity contribution in [3.05, 3.63) is 56.2 Å². The van der Waals surface area contributed by atoms with E-state index in [1.165, 1.54) is 17.6 Å². The summed E-state index contributed by atoms with van der Waals surface area (Å²) in [7, 11) is 0. The van der Waals surface area contributed by atoms with Crippen LogP contribution >= 0.6 is 34.5 Å². The fourth-order valence-corrected chi connectivity index (χ4v) is 2.55. The van der Waals surface area contributed by atoms with Crippen LogP contribution in [0.1, 0.15) is 10.4 Å². The van der Waals surface area contributed by atoms with Crippen molar-refractivity contribution in [2.75, 3.05) is 0 Å². The monoisotopic (exact) mass is 312 g/mol. The molecule has 3 nitrogen and oxygen atoms in total. The van der Waals surface area contributed by atoms with Gasteiger partial charge < -0.3 is 0 Å². The van der Waals surface area contributed by atoms with Crippen LogP contribution in [0.25, 0.3) is 0 Å². The lowest BCUT2D eigenvalue weighted by molar-refractivity contribution is -0.120. The molecule has 6 heteroatoms. The molecule has 1 N–H and O–H groups in total. The maximum atomic E-state index is 11.6. The molecular formula is C13H10Cl2N2OS. The number of amides is 1. The van der Waals surface area contributed by atoms with Crippen LogP contribution in [0.4, 0.5) is 0 Å². The minimum Gasteiger partial charge on any atom is -0.273 e. The third-order valence-electron chi connectivity index (χ3n) is 2.27. The summed E-state index contributed by atoms with van der Waals surface area (Å²) in [4.78, 5) is 12.6. The standard InChI is InChI=1S/C13H10Cl2N2OS/c14-10-4-3-9(12(15)6-10)8-16-17-13(18)7-11-2-1-5-19-11/h1-6,8H,7H2,(H,17,18)/b16-8-. The molecule has 1 heterocycles. The Labute approximate surface area is 124 Å². The van der Waals surface area contributed by atoms with E-state index in [4.69, 9.17) is 23.2 Å². The highest BCUT2D eigenvalue weighted by Gasteiger charge is 2.02. The predicted octanol–water partition coefficient (Wildman–Crippen LogP) is 3.75. The molecule has 2 aromatic rings. The average molecular weight is 313 g/mol. The lowest BCUT2D eigenvalue weighted by Crippen LogP contribution is -2.19. The van der Waals surface area contributed by atoms with E-state index in [0.717, 1.165) is 4.88 Å². The summed E-state index contributed by atoms with van der Waals surface area (Å²) in [6.07, 6.45) is 1.81. The van der Waals surface area contributed by atoms with Crippen molar-refractivity contribution in [1.29, 1.82) is 0 Å². The van der Waals surface area contributed by atoms with Crippen LogP contribution in [0.3, 0.4) is 0 Å². The Morgan fingerprint density at radius 2 is 2.21 bits per heavy atom. The third-order valence-corrected chi connectivity index (χ3v) is 3.71. The maximum absolute atomic E-state index is 11.6. The molecule has 0 atom stereocenters. The van der Waals surface area contributed by atoms with Crippen LogP contribution in [0.2, 0.25) is 10.0 Å². The van der Waals surface area contributed by atoms with Gasteiger partial charge in [-0.3, -0.25) is 4.79 Å². The lowest BCUT2D eigenvalue weighted by atomic mass is 10.2. The zero-order valence-corrected chi connectivity index (χ0v) is 12.1. The molecule has 2 rings (SSSR count). The Hall–Kier alpha value is -1.36. The molecule has 0 aliphatic rings. The van der Waals surface area contributed by atoms with E-state index in [9.17, 15) is 4.79 Å². The Morgan fingerprint density at radius 3 is 2.89 bits per heavy atom. The Kier molecular flexibility index (Phi) is 4.96. The number of hydrazone groups is 1. The first kappa shape index (κ1) is 14.1. The van der Waals surface area contributed by atoms with Crippen molar-refractivity contribution >= 4 is 46.7 Å². The molecule has 0 bridgehead atoms. The summed E-state index contributed by atoms with van der Waals surface area (Å²) in [5.74, 6) is -0.163. The van der Waals surface area contributed by atoms with Crippen molar-refractivity contribution < 1.29 is 4.79 Å². The summed E-state index contributed by atoms with van der Waals surface area (Å²) < 4.78 is 0. The molecule has 0 fully saturated rings. The first-order chi connectivity index (χ1) is 9.15. The van der Waals surface area contributed by atoms with E-state index in [0.29, 0.717) is 22.0 Å². The molecule has 0 aliphatic carbocycles. The number of hydrogen-bond donors (Lipinski definition) is 1. The molecule has 0 unspecified atom stereocenters. The minimum atomic E-state index is -0.163. The maximum Gasteiger partial charge on any atom is 0.245 e. The number of carbonyl (C=O) groups excluding carboxylic acids is 1. The van der Waals surface area contributed by atoms with Gasteiger partial charge in [0.15, 0.2) is 0 Å². The third kappa shape index (κ3) is 4.35. The molecule has 98 valence electrons. The zero-order chi connectivity index (χ0) is 13.7. The van der Waals surface area contributed by atoms with Gasteiger partial charge in [0, 0.05) is 15.5 Å². The van der Waals surface area contributed by atoms with Gasteiger partial charge >= 0.3 is 0 Å². The molecule has 0 aliphatic heterocycles. The Morgan fingerprint density at radius 1 is 1.37 bits per heavy atom. The highest BCUT2D eigenvalue weighted by molar-refractivity contribution is 7.10. The summed E-state index contributed by atoms with van der Waals surface area (Å²) in [6, 6.07) is 8.88. The Balaban J connectivity index is 1.91. The molecule has 1 aromatic carbocycles. The first-order valence-corrected chi connectivity index (χ1v) is 7.08. The quantitative estimate of drug-likeness (QED) is 0.678. The van der Waals surface area contributed by atoms with Crippen molar-refractivity contribution in [2.45, 2.75) is 6.42 Å². The van der Waals surface area contributed by atoms with Crippen molar-refractivity contribution in [1.82, 2.24) is 5.43 Å². The van der Waals surface area contributed by atoms with Crippen LogP contribution in [0, 0.1) is 0 Å². The van der Waals surface area contributed by atoms with Gasteiger partial charge in [-0.1, -0.05) is 35.3 Å². The first-order valence-electron chi connectivity index (χ1n) is 5.44. The zero-order valence-electron chi connectivity index (χ0n) is 9.77.